The average molecular weight is 226 g/mol. The summed E-state index contributed by atoms with van der Waals surface area (Å²) < 4.78 is 0. The second-order valence-electron chi connectivity index (χ2n) is 4.31. The quantitative estimate of drug-likeness (QED) is 0.793. The zero-order valence-corrected chi connectivity index (χ0v) is 9.67. The monoisotopic (exact) mass is 225 g/mol. The fourth-order valence-electron chi connectivity index (χ4n) is 2.10. The largest absolute Gasteiger partial charge is 0.385 e. The number of nitrogens with zero attached hydrogens (tertiary/aromatic N) is 1. The number of piperidine rings is 1. The molecule has 0 unspecified atom stereocenters. The lowest BCUT2D eigenvalue weighted by molar-refractivity contribution is -0.0202. The van der Waals surface area contributed by atoms with Crippen LogP contribution in [0.1, 0.15) is 18.4 Å². The van der Waals surface area contributed by atoms with Crippen LogP contribution in [0.4, 0.5) is 0 Å². The first-order valence-corrected chi connectivity index (χ1v) is 5.65. The van der Waals surface area contributed by atoms with E-state index >= 15 is 0 Å². The van der Waals surface area contributed by atoms with Crippen molar-refractivity contribution in [1.82, 2.24) is 4.90 Å². The SMILES string of the molecule is CN1CCC(O)(c2ccccc2Cl)CC1. The lowest BCUT2D eigenvalue weighted by atomic mass is 9.84. The Balaban J connectivity index is 2.26. The van der Waals surface area contributed by atoms with Gasteiger partial charge in [0.25, 0.3) is 0 Å². The number of benzene rings is 1. The van der Waals surface area contributed by atoms with E-state index in [-0.39, 0.29) is 0 Å². The Hall–Kier alpha value is -0.570. The van der Waals surface area contributed by atoms with Gasteiger partial charge in [0.2, 0.25) is 0 Å². The van der Waals surface area contributed by atoms with Gasteiger partial charge in [-0.25, -0.2) is 0 Å². The van der Waals surface area contributed by atoms with E-state index in [2.05, 4.69) is 11.9 Å². The van der Waals surface area contributed by atoms with Crippen molar-refractivity contribution in [2.75, 3.05) is 20.1 Å². The van der Waals surface area contributed by atoms with E-state index in [4.69, 9.17) is 11.6 Å². The Kier molecular flexibility index (Phi) is 3.01. The first-order valence-electron chi connectivity index (χ1n) is 5.28. The van der Waals surface area contributed by atoms with E-state index in [1.807, 2.05) is 24.3 Å². The predicted molar refractivity (Wildman–Crippen MR) is 62.1 cm³/mol. The summed E-state index contributed by atoms with van der Waals surface area (Å²) in [5, 5.41) is 11.2. The summed E-state index contributed by atoms with van der Waals surface area (Å²) in [5.41, 5.74) is 0.143. The molecule has 0 radical (unpaired) electrons. The van der Waals surface area contributed by atoms with Crippen LogP contribution in [-0.4, -0.2) is 30.1 Å². The Bertz CT molecular complexity index is 345. The van der Waals surface area contributed by atoms with Crippen LogP contribution in [0.2, 0.25) is 5.02 Å². The molecule has 2 rings (SSSR count). The average Bonchev–Trinajstić information content (AvgIpc) is 2.23. The zero-order chi connectivity index (χ0) is 10.9. The van der Waals surface area contributed by atoms with Gasteiger partial charge in [-0.3, -0.25) is 0 Å². The van der Waals surface area contributed by atoms with Crippen molar-refractivity contribution >= 4 is 11.6 Å². The molecule has 15 heavy (non-hydrogen) atoms. The van der Waals surface area contributed by atoms with Crippen LogP contribution in [0, 0.1) is 0 Å². The zero-order valence-electron chi connectivity index (χ0n) is 8.91. The molecular formula is C12H16ClNO. The third kappa shape index (κ3) is 2.17. The minimum atomic E-state index is -0.731. The highest BCUT2D eigenvalue weighted by Crippen LogP contribution is 2.36. The smallest absolute Gasteiger partial charge is 0.0935 e. The number of hydrogen-bond donors (Lipinski definition) is 1. The molecule has 0 spiro atoms. The lowest BCUT2D eigenvalue weighted by Crippen LogP contribution is -2.40. The summed E-state index contributed by atoms with van der Waals surface area (Å²) >= 11 is 6.11. The number of rotatable bonds is 1. The third-order valence-corrected chi connectivity index (χ3v) is 3.52. The van der Waals surface area contributed by atoms with E-state index in [0.717, 1.165) is 31.5 Å². The van der Waals surface area contributed by atoms with Gasteiger partial charge in [-0.05, 0) is 26.0 Å². The highest BCUT2D eigenvalue weighted by Gasteiger charge is 2.34. The molecule has 1 saturated heterocycles. The molecule has 1 aromatic carbocycles. The van der Waals surface area contributed by atoms with Crippen molar-refractivity contribution in [3.8, 4) is 0 Å². The summed E-state index contributed by atoms with van der Waals surface area (Å²) in [4.78, 5) is 2.23. The van der Waals surface area contributed by atoms with Crippen LogP contribution in [0.25, 0.3) is 0 Å². The van der Waals surface area contributed by atoms with Crippen LogP contribution < -0.4 is 0 Å². The maximum absolute atomic E-state index is 10.5. The maximum atomic E-state index is 10.5. The summed E-state index contributed by atoms with van der Waals surface area (Å²) in [6, 6.07) is 7.59. The van der Waals surface area contributed by atoms with Gasteiger partial charge in [-0.2, -0.15) is 0 Å². The Labute approximate surface area is 95.5 Å². The van der Waals surface area contributed by atoms with Crippen LogP contribution in [-0.2, 0) is 5.60 Å². The van der Waals surface area contributed by atoms with E-state index in [0.29, 0.717) is 5.02 Å². The molecule has 0 saturated carbocycles. The van der Waals surface area contributed by atoms with Crippen molar-refractivity contribution in [2.24, 2.45) is 0 Å². The van der Waals surface area contributed by atoms with Gasteiger partial charge in [0.15, 0.2) is 0 Å². The van der Waals surface area contributed by atoms with Crippen LogP contribution in [0.5, 0.6) is 0 Å². The van der Waals surface area contributed by atoms with E-state index in [1.54, 1.807) is 0 Å². The van der Waals surface area contributed by atoms with Gasteiger partial charge in [0, 0.05) is 23.7 Å². The minimum Gasteiger partial charge on any atom is -0.385 e. The molecule has 3 heteroatoms. The Morgan fingerprint density at radius 1 is 1.27 bits per heavy atom. The number of halogens is 1. The number of aliphatic hydroxyl groups is 1. The summed E-state index contributed by atoms with van der Waals surface area (Å²) in [5.74, 6) is 0. The van der Waals surface area contributed by atoms with Gasteiger partial charge in [0.1, 0.15) is 0 Å². The minimum absolute atomic E-state index is 0.671. The summed E-state index contributed by atoms with van der Waals surface area (Å²) in [6.07, 6.45) is 1.51. The van der Waals surface area contributed by atoms with Gasteiger partial charge in [-0.15, -0.1) is 0 Å². The van der Waals surface area contributed by atoms with Gasteiger partial charge in [-0.1, -0.05) is 29.8 Å². The van der Waals surface area contributed by atoms with E-state index < -0.39 is 5.60 Å². The second kappa shape index (κ2) is 4.12. The lowest BCUT2D eigenvalue weighted by Gasteiger charge is -2.37. The summed E-state index contributed by atoms with van der Waals surface area (Å²) in [6.45, 7) is 1.84. The molecule has 0 atom stereocenters. The first kappa shape index (κ1) is 10.9. The highest BCUT2D eigenvalue weighted by molar-refractivity contribution is 6.31. The highest BCUT2D eigenvalue weighted by atomic mass is 35.5. The molecule has 1 fully saturated rings. The normalized spacial score (nSPS) is 21.5. The molecular weight excluding hydrogens is 210 g/mol. The predicted octanol–water partition coefficient (Wildman–Crippen LogP) is 2.25. The standard InChI is InChI=1S/C12H16ClNO/c1-14-8-6-12(15,7-9-14)10-4-2-3-5-11(10)13/h2-5,15H,6-9H2,1H3. The molecule has 1 N–H and O–H groups in total. The molecule has 1 heterocycles. The van der Waals surface area contributed by atoms with Crippen molar-refractivity contribution in [3.05, 3.63) is 34.9 Å². The molecule has 0 aliphatic carbocycles. The fraction of sp³-hybridized carbons (Fsp3) is 0.500. The number of hydrogen-bond acceptors (Lipinski definition) is 2. The van der Waals surface area contributed by atoms with Crippen molar-refractivity contribution in [3.63, 3.8) is 0 Å². The van der Waals surface area contributed by atoms with E-state index in [1.165, 1.54) is 0 Å². The first-order chi connectivity index (χ1) is 7.12. The second-order valence-corrected chi connectivity index (χ2v) is 4.72. The van der Waals surface area contributed by atoms with Crippen molar-refractivity contribution in [2.45, 2.75) is 18.4 Å². The number of likely N-dealkylation sites (tertiary alicyclic amines) is 1. The van der Waals surface area contributed by atoms with Gasteiger partial charge < -0.3 is 10.0 Å². The fourth-order valence-corrected chi connectivity index (χ4v) is 2.41. The summed E-state index contributed by atoms with van der Waals surface area (Å²) in [7, 11) is 2.08. The van der Waals surface area contributed by atoms with Crippen LogP contribution >= 0.6 is 11.6 Å². The van der Waals surface area contributed by atoms with Gasteiger partial charge in [0.05, 0.1) is 5.60 Å². The Morgan fingerprint density at radius 2 is 1.87 bits per heavy atom. The van der Waals surface area contributed by atoms with Crippen molar-refractivity contribution in [1.29, 1.82) is 0 Å². The molecule has 2 nitrogen and oxygen atoms in total. The molecule has 1 aromatic rings. The third-order valence-electron chi connectivity index (χ3n) is 3.19. The van der Waals surface area contributed by atoms with E-state index in [9.17, 15) is 5.11 Å². The van der Waals surface area contributed by atoms with Crippen LogP contribution in [0.3, 0.4) is 0 Å². The van der Waals surface area contributed by atoms with Gasteiger partial charge >= 0.3 is 0 Å². The molecule has 82 valence electrons. The Morgan fingerprint density at radius 3 is 2.47 bits per heavy atom. The molecule has 1 aliphatic rings. The maximum Gasteiger partial charge on any atom is 0.0935 e. The topological polar surface area (TPSA) is 23.5 Å². The van der Waals surface area contributed by atoms with Crippen LogP contribution in [0.15, 0.2) is 24.3 Å². The molecule has 0 bridgehead atoms. The molecule has 0 amide bonds. The molecule has 0 aromatic heterocycles. The van der Waals surface area contributed by atoms with Crippen molar-refractivity contribution < 1.29 is 5.11 Å². The molecule has 1 aliphatic heterocycles.